The zero-order chi connectivity index (χ0) is 12.8. The predicted molar refractivity (Wildman–Crippen MR) is 68.0 cm³/mol. The molecule has 2 N–H and O–H groups in total. The summed E-state index contributed by atoms with van der Waals surface area (Å²) in [6.07, 6.45) is 0.908. The summed E-state index contributed by atoms with van der Waals surface area (Å²) in [7, 11) is 1.76. The van der Waals surface area contributed by atoms with Gasteiger partial charge in [0.2, 0.25) is 0 Å². The van der Waals surface area contributed by atoms with E-state index in [0.29, 0.717) is 17.4 Å². The zero-order valence-corrected chi connectivity index (χ0v) is 10.8. The molecule has 0 aromatic carbocycles. The van der Waals surface area contributed by atoms with Crippen molar-refractivity contribution in [1.82, 2.24) is 15.5 Å². The minimum absolute atomic E-state index is 0.166. The molecule has 1 unspecified atom stereocenters. The molecule has 0 spiro atoms. The number of aromatic nitrogens is 2. The molecule has 1 aromatic rings. The van der Waals surface area contributed by atoms with Gasteiger partial charge < -0.3 is 10.6 Å². The van der Waals surface area contributed by atoms with Crippen molar-refractivity contribution in [3.05, 3.63) is 17.8 Å². The number of anilines is 1. The van der Waals surface area contributed by atoms with Crippen LogP contribution in [-0.4, -0.2) is 29.2 Å². The Labute approximate surface area is 102 Å². The number of carbonyl (C=O) groups excluding carboxylic acids is 1. The van der Waals surface area contributed by atoms with Crippen molar-refractivity contribution in [3.8, 4) is 0 Å². The number of carbonyl (C=O) groups is 1. The third-order valence-electron chi connectivity index (χ3n) is 2.71. The Balaban J connectivity index is 2.68. The molecule has 1 heterocycles. The molecule has 0 bridgehead atoms. The lowest BCUT2D eigenvalue weighted by Crippen LogP contribution is -2.38. The molecule has 0 saturated heterocycles. The van der Waals surface area contributed by atoms with Crippen LogP contribution < -0.4 is 10.6 Å². The van der Waals surface area contributed by atoms with Crippen molar-refractivity contribution in [3.63, 3.8) is 0 Å². The van der Waals surface area contributed by atoms with Gasteiger partial charge in [0.05, 0.1) is 0 Å². The molecule has 1 atom stereocenters. The van der Waals surface area contributed by atoms with Crippen LogP contribution in [0.4, 0.5) is 5.82 Å². The van der Waals surface area contributed by atoms with Gasteiger partial charge in [-0.3, -0.25) is 4.79 Å². The number of nitrogens with zero attached hydrogens (tertiary/aromatic N) is 2. The Morgan fingerprint density at radius 1 is 1.35 bits per heavy atom. The van der Waals surface area contributed by atoms with Crippen molar-refractivity contribution >= 4 is 11.7 Å². The van der Waals surface area contributed by atoms with Gasteiger partial charge in [-0.15, -0.1) is 10.2 Å². The van der Waals surface area contributed by atoms with E-state index in [1.807, 2.05) is 0 Å². The van der Waals surface area contributed by atoms with Gasteiger partial charge in [-0.25, -0.2) is 0 Å². The summed E-state index contributed by atoms with van der Waals surface area (Å²) in [6, 6.07) is 3.58. The van der Waals surface area contributed by atoms with Crippen LogP contribution in [0.15, 0.2) is 12.1 Å². The second-order valence-corrected chi connectivity index (χ2v) is 4.29. The second-order valence-electron chi connectivity index (χ2n) is 4.29. The van der Waals surface area contributed by atoms with E-state index in [4.69, 9.17) is 0 Å². The molecule has 1 amide bonds. The molecule has 0 aliphatic carbocycles. The number of hydrogen-bond donors (Lipinski definition) is 2. The summed E-state index contributed by atoms with van der Waals surface area (Å²) in [5.74, 6) is 0.895. The first-order chi connectivity index (χ1) is 8.08. The Morgan fingerprint density at radius 2 is 2.06 bits per heavy atom. The maximum Gasteiger partial charge on any atom is 0.272 e. The largest absolute Gasteiger partial charge is 0.372 e. The number of hydrogen-bond acceptors (Lipinski definition) is 4. The van der Waals surface area contributed by atoms with Crippen LogP contribution in [0.2, 0.25) is 0 Å². The van der Waals surface area contributed by atoms with E-state index in [0.717, 1.165) is 6.42 Å². The first kappa shape index (κ1) is 13.4. The monoisotopic (exact) mass is 236 g/mol. The molecule has 0 aliphatic heterocycles. The first-order valence-electron chi connectivity index (χ1n) is 5.90. The molecular weight excluding hydrogens is 216 g/mol. The summed E-state index contributed by atoms with van der Waals surface area (Å²) in [4.78, 5) is 11.9. The highest BCUT2D eigenvalue weighted by molar-refractivity contribution is 5.92. The molecule has 0 fully saturated rings. The molecule has 5 heteroatoms. The summed E-state index contributed by atoms with van der Waals surface area (Å²) in [6.45, 7) is 6.23. The molecule has 17 heavy (non-hydrogen) atoms. The van der Waals surface area contributed by atoms with Crippen molar-refractivity contribution < 1.29 is 4.79 Å². The minimum atomic E-state index is -0.166. The fourth-order valence-corrected chi connectivity index (χ4v) is 1.57. The SMILES string of the molecule is CCC(NC(=O)c1ccc(NC)nn1)C(C)C. The fraction of sp³-hybridized carbons (Fsp3) is 0.583. The molecule has 1 rings (SSSR count). The van der Waals surface area contributed by atoms with Crippen LogP contribution in [0.5, 0.6) is 0 Å². The fourth-order valence-electron chi connectivity index (χ4n) is 1.57. The maximum atomic E-state index is 11.9. The number of amides is 1. The van der Waals surface area contributed by atoms with E-state index in [-0.39, 0.29) is 11.9 Å². The van der Waals surface area contributed by atoms with Crippen molar-refractivity contribution in [2.24, 2.45) is 5.92 Å². The Bertz CT molecular complexity index is 361. The minimum Gasteiger partial charge on any atom is -0.372 e. The average molecular weight is 236 g/mol. The highest BCUT2D eigenvalue weighted by atomic mass is 16.2. The van der Waals surface area contributed by atoms with E-state index in [1.165, 1.54) is 0 Å². The second kappa shape index (κ2) is 6.18. The standard InChI is InChI=1S/C12H20N4O/c1-5-9(8(2)3)14-12(17)10-6-7-11(13-4)16-15-10/h6-9H,5H2,1-4H3,(H,13,16)(H,14,17). The van der Waals surface area contributed by atoms with E-state index in [2.05, 4.69) is 41.6 Å². The van der Waals surface area contributed by atoms with E-state index >= 15 is 0 Å². The van der Waals surface area contributed by atoms with Gasteiger partial charge in [0.15, 0.2) is 5.69 Å². The molecule has 94 valence electrons. The quantitative estimate of drug-likeness (QED) is 0.816. The van der Waals surface area contributed by atoms with Crippen LogP contribution >= 0.6 is 0 Å². The van der Waals surface area contributed by atoms with Gasteiger partial charge in [-0.05, 0) is 24.5 Å². The van der Waals surface area contributed by atoms with Gasteiger partial charge in [0, 0.05) is 13.1 Å². The van der Waals surface area contributed by atoms with Gasteiger partial charge in [0.25, 0.3) is 5.91 Å². The van der Waals surface area contributed by atoms with Crippen molar-refractivity contribution in [1.29, 1.82) is 0 Å². The molecule has 0 saturated carbocycles. The van der Waals surface area contributed by atoms with Crippen LogP contribution in [0.1, 0.15) is 37.7 Å². The van der Waals surface area contributed by atoms with Gasteiger partial charge in [-0.1, -0.05) is 20.8 Å². The normalized spacial score (nSPS) is 12.3. The topological polar surface area (TPSA) is 66.9 Å². The number of nitrogens with one attached hydrogen (secondary N) is 2. The Kier molecular flexibility index (Phi) is 4.87. The lowest BCUT2D eigenvalue weighted by molar-refractivity contribution is 0.0918. The highest BCUT2D eigenvalue weighted by Crippen LogP contribution is 2.07. The van der Waals surface area contributed by atoms with Gasteiger partial charge in [0.1, 0.15) is 5.82 Å². The highest BCUT2D eigenvalue weighted by Gasteiger charge is 2.16. The van der Waals surface area contributed by atoms with Crippen molar-refractivity contribution in [2.45, 2.75) is 33.2 Å². The van der Waals surface area contributed by atoms with Crippen LogP contribution in [-0.2, 0) is 0 Å². The Morgan fingerprint density at radius 3 is 2.47 bits per heavy atom. The Hall–Kier alpha value is -1.65. The zero-order valence-electron chi connectivity index (χ0n) is 10.8. The summed E-state index contributed by atoms with van der Waals surface area (Å²) >= 11 is 0. The summed E-state index contributed by atoms with van der Waals surface area (Å²) in [5.41, 5.74) is 0.350. The summed E-state index contributed by atoms with van der Waals surface area (Å²) in [5, 5.41) is 13.6. The number of rotatable bonds is 5. The molecule has 1 aromatic heterocycles. The molecular formula is C12H20N4O. The van der Waals surface area contributed by atoms with Crippen LogP contribution in [0.3, 0.4) is 0 Å². The van der Waals surface area contributed by atoms with Crippen LogP contribution in [0.25, 0.3) is 0 Å². The van der Waals surface area contributed by atoms with Gasteiger partial charge in [-0.2, -0.15) is 0 Å². The van der Waals surface area contributed by atoms with E-state index < -0.39 is 0 Å². The average Bonchev–Trinajstić information content (AvgIpc) is 2.35. The molecule has 0 radical (unpaired) electrons. The van der Waals surface area contributed by atoms with Crippen molar-refractivity contribution in [2.75, 3.05) is 12.4 Å². The lowest BCUT2D eigenvalue weighted by atomic mass is 10.0. The summed E-state index contributed by atoms with van der Waals surface area (Å²) < 4.78 is 0. The first-order valence-corrected chi connectivity index (χ1v) is 5.90. The lowest BCUT2D eigenvalue weighted by Gasteiger charge is -2.20. The predicted octanol–water partition coefficient (Wildman–Crippen LogP) is 1.68. The third kappa shape index (κ3) is 3.69. The van der Waals surface area contributed by atoms with E-state index in [1.54, 1.807) is 19.2 Å². The smallest absolute Gasteiger partial charge is 0.272 e. The third-order valence-corrected chi connectivity index (χ3v) is 2.71. The van der Waals surface area contributed by atoms with Gasteiger partial charge >= 0.3 is 0 Å². The molecule has 0 aliphatic rings. The van der Waals surface area contributed by atoms with E-state index in [9.17, 15) is 4.79 Å². The van der Waals surface area contributed by atoms with Crippen LogP contribution in [0, 0.1) is 5.92 Å². The maximum absolute atomic E-state index is 11.9. The molecule has 5 nitrogen and oxygen atoms in total.